The quantitative estimate of drug-likeness (QED) is 0.700. The Hall–Kier alpha value is -1.59. The summed E-state index contributed by atoms with van der Waals surface area (Å²) in [6, 6.07) is 6.99. The largest absolute Gasteiger partial charge is 0.352 e. The Kier molecular flexibility index (Phi) is 6.65. The van der Waals surface area contributed by atoms with Crippen LogP contribution in [-0.4, -0.2) is 24.9 Å². The van der Waals surface area contributed by atoms with E-state index in [9.17, 15) is 9.59 Å². The van der Waals surface area contributed by atoms with E-state index in [-0.39, 0.29) is 30.1 Å². The fourth-order valence-electron chi connectivity index (χ4n) is 2.07. The first-order chi connectivity index (χ1) is 9.61. The molecule has 0 spiro atoms. The molecule has 2 amide bonds. The summed E-state index contributed by atoms with van der Waals surface area (Å²) >= 11 is 0. The molecule has 2 atom stereocenters. The van der Waals surface area contributed by atoms with Crippen LogP contribution in [-0.2, 0) is 4.79 Å². The summed E-state index contributed by atoms with van der Waals surface area (Å²) in [5.41, 5.74) is 6.59. The number of hydrogen-bond donors (Lipinski definition) is 3. The Morgan fingerprint density at radius 1 is 1.38 bits per heavy atom. The van der Waals surface area contributed by atoms with Crippen LogP contribution in [0.4, 0.5) is 5.69 Å². The molecule has 0 radical (unpaired) electrons. The van der Waals surface area contributed by atoms with Gasteiger partial charge in [-0.25, -0.2) is 0 Å². The molecular weight excluding hydrogens is 290 g/mol. The zero-order chi connectivity index (χ0) is 14.5. The fraction of sp³-hybridized carbons (Fsp3) is 0.467. The summed E-state index contributed by atoms with van der Waals surface area (Å²) in [6.07, 6.45) is 1.70. The van der Waals surface area contributed by atoms with Crippen LogP contribution in [0.5, 0.6) is 0 Å². The summed E-state index contributed by atoms with van der Waals surface area (Å²) in [4.78, 5) is 23.7. The zero-order valence-corrected chi connectivity index (χ0v) is 12.9. The number of carbonyl (C=O) groups is 2. The maximum Gasteiger partial charge on any atom is 0.251 e. The van der Waals surface area contributed by atoms with Gasteiger partial charge >= 0.3 is 0 Å². The van der Waals surface area contributed by atoms with E-state index in [1.54, 1.807) is 24.3 Å². The van der Waals surface area contributed by atoms with Crippen LogP contribution in [0.3, 0.4) is 0 Å². The summed E-state index contributed by atoms with van der Waals surface area (Å²) in [5.74, 6) is 0.488. The van der Waals surface area contributed by atoms with Gasteiger partial charge in [0.15, 0.2) is 0 Å². The Morgan fingerprint density at radius 3 is 2.71 bits per heavy atom. The molecule has 116 valence electrons. The lowest BCUT2D eigenvalue weighted by Gasteiger charge is -2.08. The predicted octanol–water partition coefficient (Wildman–Crippen LogP) is 1.78. The average molecular weight is 312 g/mol. The third kappa shape index (κ3) is 5.02. The monoisotopic (exact) mass is 311 g/mol. The Balaban J connectivity index is 0.00000220. The molecule has 1 aliphatic carbocycles. The van der Waals surface area contributed by atoms with Crippen LogP contribution in [0, 0.1) is 11.8 Å². The maximum atomic E-state index is 11.9. The number of nitrogens with two attached hydrogens (primary N) is 1. The van der Waals surface area contributed by atoms with Gasteiger partial charge in [-0.2, -0.15) is 0 Å². The van der Waals surface area contributed by atoms with Crippen molar-refractivity contribution in [1.82, 2.24) is 5.32 Å². The molecule has 0 heterocycles. The lowest BCUT2D eigenvalue weighted by atomic mass is 10.2. The Bertz CT molecular complexity index is 507. The van der Waals surface area contributed by atoms with Crippen LogP contribution in [0.1, 0.15) is 30.1 Å². The number of anilines is 1. The second kappa shape index (κ2) is 8.00. The molecule has 6 heteroatoms. The van der Waals surface area contributed by atoms with Crippen LogP contribution in [0.25, 0.3) is 0 Å². The molecule has 1 aromatic carbocycles. The van der Waals surface area contributed by atoms with Gasteiger partial charge in [0.1, 0.15) is 0 Å². The van der Waals surface area contributed by atoms with Crippen LogP contribution in [0.15, 0.2) is 24.3 Å². The number of benzene rings is 1. The van der Waals surface area contributed by atoms with Crippen molar-refractivity contribution in [3.63, 3.8) is 0 Å². The van der Waals surface area contributed by atoms with Crippen molar-refractivity contribution < 1.29 is 9.59 Å². The molecule has 2 unspecified atom stereocenters. The Labute approximate surface area is 131 Å². The highest BCUT2D eigenvalue weighted by atomic mass is 35.5. The minimum atomic E-state index is -0.144. The summed E-state index contributed by atoms with van der Waals surface area (Å²) in [6.45, 7) is 3.17. The SMILES string of the molecule is CC1CC1C(=O)Nc1cccc(C(=O)NCCCN)c1.Cl. The van der Waals surface area contributed by atoms with Gasteiger partial charge in [-0.05, 0) is 43.5 Å². The summed E-state index contributed by atoms with van der Waals surface area (Å²) in [5, 5.41) is 5.65. The van der Waals surface area contributed by atoms with Crippen molar-refractivity contribution in [3.05, 3.63) is 29.8 Å². The van der Waals surface area contributed by atoms with E-state index in [1.807, 2.05) is 0 Å². The van der Waals surface area contributed by atoms with Crippen molar-refractivity contribution in [1.29, 1.82) is 0 Å². The van der Waals surface area contributed by atoms with E-state index >= 15 is 0 Å². The average Bonchev–Trinajstić information content (AvgIpc) is 3.16. The highest BCUT2D eigenvalue weighted by Crippen LogP contribution is 2.38. The number of rotatable bonds is 6. The maximum absolute atomic E-state index is 11.9. The van der Waals surface area contributed by atoms with Crippen molar-refractivity contribution >= 4 is 29.9 Å². The minimum Gasteiger partial charge on any atom is -0.352 e. The lowest BCUT2D eigenvalue weighted by Crippen LogP contribution is -2.26. The van der Waals surface area contributed by atoms with E-state index < -0.39 is 0 Å². The van der Waals surface area contributed by atoms with Gasteiger partial charge in [-0.15, -0.1) is 12.4 Å². The van der Waals surface area contributed by atoms with Crippen LogP contribution < -0.4 is 16.4 Å². The van der Waals surface area contributed by atoms with Crippen molar-refractivity contribution in [2.75, 3.05) is 18.4 Å². The normalized spacial score (nSPS) is 19.3. The number of amides is 2. The van der Waals surface area contributed by atoms with Gasteiger partial charge in [-0.3, -0.25) is 9.59 Å². The third-order valence-corrected chi connectivity index (χ3v) is 3.51. The first kappa shape index (κ1) is 17.5. The molecule has 0 aromatic heterocycles. The van der Waals surface area contributed by atoms with E-state index in [2.05, 4.69) is 17.6 Å². The standard InChI is InChI=1S/C15H21N3O2.ClH/c1-10-8-13(10)15(20)18-12-5-2-4-11(9-12)14(19)17-7-3-6-16;/h2,4-5,9-10,13H,3,6-8,16H2,1H3,(H,17,19)(H,18,20);1H. The summed E-state index contributed by atoms with van der Waals surface area (Å²) < 4.78 is 0. The van der Waals surface area contributed by atoms with Crippen molar-refractivity contribution in [3.8, 4) is 0 Å². The second-order valence-electron chi connectivity index (χ2n) is 5.29. The van der Waals surface area contributed by atoms with E-state index in [0.29, 0.717) is 30.3 Å². The summed E-state index contributed by atoms with van der Waals surface area (Å²) in [7, 11) is 0. The van der Waals surface area contributed by atoms with Crippen LogP contribution >= 0.6 is 12.4 Å². The van der Waals surface area contributed by atoms with Gasteiger partial charge in [0, 0.05) is 23.7 Å². The molecule has 5 nitrogen and oxygen atoms in total. The van der Waals surface area contributed by atoms with Gasteiger partial charge in [0.25, 0.3) is 5.91 Å². The minimum absolute atomic E-state index is 0. The number of halogens is 1. The first-order valence-electron chi connectivity index (χ1n) is 7.01. The molecule has 0 saturated heterocycles. The van der Waals surface area contributed by atoms with Gasteiger partial charge in [0.05, 0.1) is 0 Å². The molecule has 1 fully saturated rings. The van der Waals surface area contributed by atoms with Crippen LogP contribution in [0.2, 0.25) is 0 Å². The molecule has 0 aliphatic heterocycles. The molecule has 0 bridgehead atoms. The van der Waals surface area contributed by atoms with Gasteiger partial charge in [0.2, 0.25) is 5.91 Å². The molecular formula is C15H22ClN3O2. The number of carbonyl (C=O) groups excluding carboxylic acids is 2. The zero-order valence-electron chi connectivity index (χ0n) is 12.1. The van der Waals surface area contributed by atoms with Crippen molar-refractivity contribution in [2.24, 2.45) is 17.6 Å². The Morgan fingerprint density at radius 2 is 2.10 bits per heavy atom. The number of hydrogen-bond acceptors (Lipinski definition) is 3. The third-order valence-electron chi connectivity index (χ3n) is 3.51. The van der Waals surface area contributed by atoms with Crippen molar-refractivity contribution in [2.45, 2.75) is 19.8 Å². The topological polar surface area (TPSA) is 84.2 Å². The fourth-order valence-corrected chi connectivity index (χ4v) is 2.07. The first-order valence-corrected chi connectivity index (χ1v) is 7.01. The molecule has 1 aromatic rings. The van der Waals surface area contributed by atoms with Gasteiger partial charge in [-0.1, -0.05) is 13.0 Å². The number of nitrogens with one attached hydrogen (secondary N) is 2. The smallest absolute Gasteiger partial charge is 0.251 e. The second-order valence-corrected chi connectivity index (χ2v) is 5.29. The molecule has 4 N–H and O–H groups in total. The van der Waals surface area contributed by atoms with E-state index in [4.69, 9.17) is 5.73 Å². The molecule has 2 rings (SSSR count). The molecule has 21 heavy (non-hydrogen) atoms. The highest BCUT2D eigenvalue weighted by Gasteiger charge is 2.39. The highest BCUT2D eigenvalue weighted by molar-refractivity contribution is 5.98. The predicted molar refractivity (Wildman–Crippen MR) is 85.6 cm³/mol. The van der Waals surface area contributed by atoms with E-state index in [0.717, 1.165) is 12.8 Å². The van der Waals surface area contributed by atoms with E-state index in [1.165, 1.54) is 0 Å². The molecule has 1 saturated carbocycles. The molecule has 1 aliphatic rings. The lowest BCUT2D eigenvalue weighted by molar-refractivity contribution is -0.117. The van der Waals surface area contributed by atoms with Gasteiger partial charge < -0.3 is 16.4 Å².